The van der Waals surface area contributed by atoms with Crippen molar-refractivity contribution in [3.63, 3.8) is 0 Å². The molecule has 2 rings (SSSR count). The number of amides is 3. The van der Waals surface area contributed by atoms with Crippen LogP contribution in [0, 0.1) is 0 Å². The van der Waals surface area contributed by atoms with Gasteiger partial charge in [0.2, 0.25) is 5.91 Å². The van der Waals surface area contributed by atoms with Gasteiger partial charge in [0.25, 0.3) is 0 Å². The molecule has 2 aliphatic rings. The van der Waals surface area contributed by atoms with E-state index < -0.39 is 0 Å². The summed E-state index contributed by atoms with van der Waals surface area (Å²) >= 11 is 0. The second-order valence-corrected chi connectivity index (χ2v) is 4.84. The molecule has 0 aromatic carbocycles. The molecular formula is C12H22N4O2. The molecule has 0 saturated carbocycles. The number of carbonyl (C=O) groups excluding carboxylic acids is 2. The Morgan fingerprint density at radius 3 is 2.89 bits per heavy atom. The molecule has 2 aliphatic heterocycles. The number of hydrogen-bond acceptors (Lipinski definition) is 4. The zero-order valence-corrected chi connectivity index (χ0v) is 10.9. The van der Waals surface area contributed by atoms with Gasteiger partial charge in [-0.3, -0.25) is 14.6 Å². The summed E-state index contributed by atoms with van der Waals surface area (Å²) in [4.78, 5) is 27.0. The van der Waals surface area contributed by atoms with Gasteiger partial charge in [0.15, 0.2) is 0 Å². The third-order valence-corrected chi connectivity index (χ3v) is 3.69. The van der Waals surface area contributed by atoms with Crippen LogP contribution in [0.4, 0.5) is 4.79 Å². The van der Waals surface area contributed by atoms with E-state index in [-0.39, 0.29) is 11.9 Å². The fourth-order valence-electron chi connectivity index (χ4n) is 2.61. The summed E-state index contributed by atoms with van der Waals surface area (Å²) in [6.07, 6.45) is 2.28. The van der Waals surface area contributed by atoms with E-state index in [1.54, 1.807) is 0 Å². The highest BCUT2D eigenvalue weighted by atomic mass is 16.2. The fraction of sp³-hybridized carbons (Fsp3) is 0.833. The van der Waals surface area contributed by atoms with Crippen molar-refractivity contribution >= 4 is 11.9 Å². The summed E-state index contributed by atoms with van der Waals surface area (Å²) in [7, 11) is 0. The van der Waals surface area contributed by atoms with E-state index >= 15 is 0 Å². The van der Waals surface area contributed by atoms with Gasteiger partial charge in [-0.15, -0.1) is 0 Å². The quantitative estimate of drug-likeness (QED) is 0.717. The first-order valence-corrected chi connectivity index (χ1v) is 6.75. The number of likely N-dealkylation sites (N-methyl/N-ethyl adjacent to an activating group) is 1. The number of hydrogen-bond donors (Lipinski definition) is 2. The molecule has 2 heterocycles. The summed E-state index contributed by atoms with van der Waals surface area (Å²) in [5.41, 5.74) is 0. The molecule has 6 heteroatoms. The second kappa shape index (κ2) is 6.15. The lowest BCUT2D eigenvalue weighted by atomic mass is 10.1. The van der Waals surface area contributed by atoms with E-state index in [2.05, 4.69) is 22.5 Å². The predicted octanol–water partition coefficient (Wildman–Crippen LogP) is -0.388. The average molecular weight is 254 g/mol. The summed E-state index contributed by atoms with van der Waals surface area (Å²) < 4.78 is 0. The van der Waals surface area contributed by atoms with Gasteiger partial charge in [0.1, 0.15) is 0 Å². The van der Waals surface area contributed by atoms with Crippen LogP contribution in [0.1, 0.15) is 19.8 Å². The van der Waals surface area contributed by atoms with Crippen LogP contribution in [0.25, 0.3) is 0 Å². The lowest BCUT2D eigenvalue weighted by molar-refractivity contribution is -0.129. The molecule has 1 unspecified atom stereocenters. The fourth-order valence-corrected chi connectivity index (χ4v) is 2.61. The smallest absolute Gasteiger partial charge is 0.324 e. The standard InChI is InChI=1S/C12H22N4O2/c1-2-15(10-4-3-5-13-8-10)9-11(17)16-7-6-14-12(16)18/h10,13H,2-9H2,1H3,(H,14,18). The lowest BCUT2D eigenvalue weighted by Gasteiger charge is -2.33. The zero-order chi connectivity index (χ0) is 13.0. The molecule has 0 aromatic rings. The first-order valence-electron chi connectivity index (χ1n) is 6.75. The van der Waals surface area contributed by atoms with E-state index in [0.717, 1.165) is 32.5 Å². The van der Waals surface area contributed by atoms with Crippen molar-refractivity contribution in [1.82, 2.24) is 20.4 Å². The minimum atomic E-state index is -0.252. The third-order valence-electron chi connectivity index (χ3n) is 3.69. The third kappa shape index (κ3) is 3.00. The molecule has 18 heavy (non-hydrogen) atoms. The number of imide groups is 1. The number of nitrogens with one attached hydrogen (secondary N) is 2. The molecule has 0 spiro atoms. The predicted molar refractivity (Wildman–Crippen MR) is 68.3 cm³/mol. The van der Waals surface area contributed by atoms with Crippen LogP contribution < -0.4 is 10.6 Å². The summed E-state index contributed by atoms with van der Waals surface area (Å²) in [5, 5.41) is 6.01. The monoisotopic (exact) mass is 254 g/mol. The Morgan fingerprint density at radius 2 is 2.33 bits per heavy atom. The Morgan fingerprint density at radius 1 is 1.50 bits per heavy atom. The van der Waals surface area contributed by atoms with Gasteiger partial charge in [0.05, 0.1) is 6.54 Å². The van der Waals surface area contributed by atoms with Crippen molar-refractivity contribution in [2.45, 2.75) is 25.8 Å². The summed E-state index contributed by atoms with van der Waals surface area (Å²) in [5.74, 6) is -0.0857. The van der Waals surface area contributed by atoms with Crippen molar-refractivity contribution in [2.75, 3.05) is 39.3 Å². The Balaban J connectivity index is 1.88. The van der Waals surface area contributed by atoms with Crippen molar-refractivity contribution in [2.24, 2.45) is 0 Å². The highest BCUT2D eigenvalue weighted by Crippen LogP contribution is 2.11. The van der Waals surface area contributed by atoms with Crippen LogP contribution >= 0.6 is 0 Å². The molecule has 0 aliphatic carbocycles. The topological polar surface area (TPSA) is 64.7 Å². The van der Waals surface area contributed by atoms with Crippen LogP contribution in [0.3, 0.4) is 0 Å². The van der Waals surface area contributed by atoms with Crippen LogP contribution in [0.15, 0.2) is 0 Å². The first-order chi connectivity index (χ1) is 8.72. The van der Waals surface area contributed by atoms with Gasteiger partial charge in [-0.25, -0.2) is 4.79 Å². The van der Waals surface area contributed by atoms with Gasteiger partial charge < -0.3 is 10.6 Å². The second-order valence-electron chi connectivity index (χ2n) is 4.84. The van der Waals surface area contributed by atoms with E-state index in [9.17, 15) is 9.59 Å². The van der Waals surface area contributed by atoms with Crippen LogP contribution in [0.2, 0.25) is 0 Å². The lowest BCUT2D eigenvalue weighted by Crippen LogP contribution is -2.50. The van der Waals surface area contributed by atoms with Crippen molar-refractivity contribution < 1.29 is 9.59 Å². The highest BCUT2D eigenvalue weighted by molar-refractivity contribution is 5.96. The van der Waals surface area contributed by atoms with Crippen molar-refractivity contribution in [3.05, 3.63) is 0 Å². The number of carbonyl (C=O) groups is 2. The summed E-state index contributed by atoms with van der Waals surface area (Å²) in [6.45, 7) is 6.32. The van der Waals surface area contributed by atoms with E-state index in [4.69, 9.17) is 0 Å². The Kier molecular flexibility index (Phi) is 4.54. The van der Waals surface area contributed by atoms with Gasteiger partial charge in [-0.2, -0.15) is 0 Å². The molecule has 0 aromatic heterocycles. The van der Waals surface area contributed by atoms with E-state index in [0.29, 0.717) is 25.7 Å². The number of piperidine rings is 1. The minimum absolute atomic E-state index is 0.0857. The number of rotatable bonds is 4. The Bertz CT molecular complexity index is 315. The SMILES string of the molecule is CCN(CC(=O)N1CCNC1=O)C1CCCNC1. The van der Waals surface area contributed by atoms with E-state index in [1.807, 2.05) is 0 Å². The van der Waals surface area contributed by atoms with Crippen LogP contribution in [-0.4, -0.2) is 67.0 Å². The van der Waals surface area contributed by atoms with E-state index in [1.165, 1.54) is 4.90 Å². The van der Waals surface area contributed by atoms with Gasteiger partial charge >= 0.3 is 6.03 Å². The van der Waals surface area contributed by atoms with Crippen LogP contribution in [0.5, 0.6) is 0 Å². The molecule has 2 saturated heterocycles. The Hall–Kier alpha value is -1.14. The maximum Gasteiger partial charge on any atom is 0.324 e. The average Bonchev–Trinajstić information content (AvgIpc) is 2.83. The van der Waals surface area contributed by atoms with Crippen molar-refractivity contribution in [3.8, 4) is 0 Å². The zero-order valence-electron chi connectivity index (χ0n) is 10.9. The highest BCUT2D eigenvalue weighted by Gasteiger charge is 2.29. The normalized spacial score (nSPS) is 24.4. The Labute approximate surface area is 108 Å². The molecule has 6 nitrogen and oxygen atoms in total. The molecule has 3 amide bonds. The minimum Gasteiger partial charge on any atom is -0.336 e. The summed E-state index contributed by atoms with van der Waals surface area (Å²) in [6, 6.07) is 0.163. The molecule has 102 valence electrons. The molecular weight excluding hydrogens is 232 g/mol. The van der Waals surface area contributed by atoms with Gasteiger partial charge in [-0.05, 0) is 25.9 Å². The molecule has 1 atom stereocenters. The molecule has 2 N–H and O–H groups in total. The molecule has 0 bridgehead atoms. The first kappa shape index (κ1) is 13.3. The van der Waals surface area contributed by atoms with Crippen molar-refractivity contribution in [1.29, 1.82) is 0 Å². The molecule has 0 radical (unpaired) electrons. The van der Waals surface area contributed by atoms with Gasteiger partial charge in [-0.1, -0.05) is 6.92 Å². The maximum absolute atomic E-state index is 12.1. The number of urea groups is 1. The largest absolute Gasteiger partial charge is 0.336 e. The number of nitrogens with zero attached hydrogens (tertiary/aromatic N) is 2. The maximum atomic E-state index is 12.1. The van der Waals surface area contributed by atoms with Gasteiger partial charge in [0, 0.05) is 25.7 Å². The molecule has 2 fully saturated rings. The van der Waals surface area contributed by atoms with Crippen LogP contribution in [-0.2, 0) is 4.79 Å².